The molecule has 5 rings (SSSR count). The molecule has 0 spiro atoms. The van der Waals surface area contributed by atoms with Gasteiger partial charge in [0.25, 0.3) is 10.0 Å². The van der Waals surface area contributed by atoms with Crippen LogP contribution in [0.15, 0.2) is 102 Å². The Morgan fingerprint density at radius 3 is 2.13 bits per heavy atom. The Kier molecular flexibility index (Phi) is 11.5. The Bertz CT molecular complexity index is 1820. The molecule has 2 amide bonds. The van der Waals surface area contributed by atoms with Crippen molar-refractivity contribution in [2.24, 2.45) is 0 Å². The molecule has 4 aromatic rings. The van der Waals surface area contributed by atoms with Crippen LogP contribution >= 0.6 is 34.8 Å². The Balaban J connectivity index is 1.59. The normalized spacial score (nSPS) is 14.0. The molecule has 0 heterocycles. The minimum absolute atomic E-state index is 0.00868. The lowest BCUT2D eigenvalue weighted by Crippen LogP contribution is -2.54. The molecular formula is C36H36Cl3N3O4S. The van der Waals surface area contributed by atoms with Gasteiger partial charge in [0.2, 0.25) is 11.8 Å². The fourth-order valence-electron chi connectivity index (χ4n) is 5.89. The Morgan fingerprint density at radius 2 is 1.49 bits per heavy atom. The summed E-state index contributed by atoms with van der Waals surface area (Å²) in [6.45, 7) is 1.16. The molecule has 246 valence electrons. The smallest absolute Gasteiger partial charge is 0.264 e. The van der Waals surface area contributed by atoms with E-state index in [0.717, 1.165) is 35.6 Å². The van der Waals surface area contributed by atoms with Crippen LogP contribution in [0.25, 0.3) is 0 Å². The van der Waals surface area contributed by atoms with Crippen LogP contribution in [0.5, 0.6) is 0 Å². The molecule has 1 aliphatic rings. The Morgan fingerprint density at radius 1 is 0.830 bits per heavy atom. The monoisotopic (exact) mass is 711 g/mol. The molecule has 1 saturated carbocycles. The number of sulfonamides is 1. The van der Waals surface area contributed by atoms with E-state index in [4.69, 9.17) is 34.8 Å². The molecule has 1 fully saturated rings. The van der Waals surface area contributed by atoms with Crippen molar-refractivity contribution >= 4 is 62.3 Å². The van der Waals surface area contributed by atoms with Crippen molar-refractivity contribution in [2.75, 3.05) is 10.8 Å². The highest BCUT2D eigenvalue weighted by Crippen LogP contribution is 2.30. The van der Waals surface area contributed by atoms with Crippen LogP contribution < -0.4 is 9.62 Å². The lowest BCUT2D eigenvalue weighted by Gasteiger charge is -2.34. The summed E-state index contributed by atoms with van der Waals surface area (Å²) < 4.78 is 29.5. The highest BCUT2D eigenvalue weighted by molar-refractivity contribution is 7.92. The molecule has 4 aromatic carbocycles. The summed E-state index contributed by atoms with van der Waals surface area (Å²) in [4.78, 5) is 30.3. The van der Waals surface area contributed by atoms with E-state index in [1.54, 1.807) is 61.5 Å². The standard InChI is InChI=1S/C36H36Cl3N3O4S/c1-25-20-28(37)17-19-33(25)42(47(45,46)30-14-6-3-7-15-30)24-35(43)41(23-27-16-18-31(38)32(39)21-27)34(22-26-10-4-2-5-11-26)36(44)40-29-12-8-9-13-29/h2-7,10-11,14-21,29,34H,8-9,12-13,22-24H2,1H3,(H,40,44)/t34-/m0/s1. The van der Waals surface area contributed by atoms with E-state index < -0.39 is 28.5 Å². The number of nitrogens with one attached hydrogen (secondary N) is 1. The van der Waals surface area contributed by atoms with Gasteiger partial charge < -0.3 is 10.2 Å². The number of amides is 2. The van der Waals surface area contributed by atoms with Gasteiger partial charge in [-0.15, -0.1) is 0 Å². The molecule has 7 nitrogen and oxygen atoms in total. The number of anilines is 1. The van der Waals surface area contributed by atoms with Crippen LogP contribution in [-0.2, 0) is 32.6 Å². The molecule has 47 heavy (non-hydrogen) atoms. The van der Waals surface area contributed by atoms with Crippen molar-refractivity contribution in [1.29, 1.82) is 0 Å². The van der Waals surface area contributed by atoms with Gasteiger partial charge in [0.1, 0.15) is 12.6 Å². The molecule has 1 aliphatic carbocycles. The molecular weight excluding hydrogens is 677 g/mol. The van der Waals surface area contributed by atoms with Crippen molar-refractivity contribution in [3.63, 3.8) is 0 Å². The molecule has 0 saturated heterocycles. The molecule has 1 atom stereocenters. The lowest BCUT2D eigenvalue weighted by molar-refractivity contribution is -0.140. The first-order chi connectivity index (χ1) is 22.5. The van der Waals surface area contributed by atoms with Gasteiger partial charge in [-0.25, -0.2) is 8.42 Å². The van der Waals surface area contributed by atoms with E-state index in [-0.39, 0.29) is 29.8 Å². The number of carbonyl (C=O) groups is 2. The average Bonchev–Trinajstić information content (AvgIpc) is 3.57. The van der Waals surface area contributed by atoms with Crippen LogP contribution in [0, 0.1) is 6.92 Å². The van der Waals surface area contributed by atoms with Gasteiger partial charge in [0.15, 0.2) is 0 Å². The maximum absolute atomic E-state index is 14.7. The zero-order chi connectivity index (χ0) is 33.6. The fourth-order valence-corrected chi connectivity index (χ4v) is 7.93. The molecule has 0 aliphatic heterocycles. The van der Waals surface area contributed by atoms with Crippen molar-refractivity contribution < 1.29 is 18.0 Å². The number of hydrogen-bond acceptors (Lipinski definition) is 4. The van der Waals surface area contributed by atoms with E-state index in [2.05, 4.69) is 5.32 Å². The summed E-state index contributed by atoms with van der Waals surface area (Å²) in [5, 5.41) is 4.26. The summed E-state index contributed by atoms with van der Waals surface area (Å²) in [6, 6.07) is 26.3. The first-order valence-corrected chi connectivity index (χ1v) is 18.0. The van der Waals surface area contributed by atoms with Gasteiger partial charge in [-0.05, 0) is 78.9 Å². The van der Waals surface area contributed by atoms with E-state index in [9.17, 15) is 18.0 Å². The predicted octanol–water partition coefficient (Wildman–Crippen LogP) is 7.85. The number of aryl methyl sites for hydroxylation is 1. The Labute approximate surface area is 291 Å². The van der Waals surface area contributed by atoms with Gasteiger partial charge in [0, 0.05) is 24.0 Å². The molecule has 1 N–H and O–H groups in total. The summed E-state index contributed by atoms with van der Waals surface area (Å²) in [5.41, 5.74) is 2.37. The topological polar surface area (TPSA) is 86.8 Å². The quantitative estimate of drug-likeness (QED) is 0.162. The zero-order valence-corrected chi connectivity index (χ0v) is 29.0. The van der Waals surface area contributed by atoms with Crippen LogP contribution in [-0.4, -0.2) is 43.8 Å². The zero-order valence-electron chi connectivity index (χ0n) is 25.9. The van der Waals surface area contributed by atoms with Gasteiger partial charge >= 0.3 is 0 Å². The number of nitrogens with zero attached hydrogens (tertiary/aromatic N) is 2. The van der Waals surface area contributed by atoms with Crippen LogP contribution in [0.2, 0.25) is 15.1 Å². The number of benzene rings is 4. The van der Waals surface area contributed by atoms with Crippen molar-refractivity contribution in [1.82, 2.24) is 10.2 Å². The SMILES string of the molecule is Cc1cc(Cl)ccc1N(CC(=O)N(Cc1ccc(Cl)c(Cl)c1)[C@@H](Cc1ccccc1)C(=O)NC1CCCC1)S(=O)(=O)c1ccccc1. The largest absolute Gasteiger partial charge is 0.352 e. The molecule has 11 heteroatoms. The first kappa shape index (κ1) is 34.8. The highest BCUT2D eigenvalue weighted by atomic mass is 35.5. The second kappa shape index (κ2) is 15.6. The maximum Gasteiger partial charge on any atom is 0.264 e. The van der Waals surface area contributed by atoms with Crippen LogP contribution in [0.3, 0.4) is 0 Å². The molecule has 0 aromatic heterocycles. The van der Waals surface area contributed by atoms with Gasteiger partial charge in [-0.1, -0.05) is 102 Å². The van der Waals surface area contributed by atoms with Crippen molar-refractivity contribution in [3.05, 3.63) is 129 Å². The minimum Gasteiger partial charge on any atom is -0.352 e. The number of rotatable bonds is 12. The highest BCUT2D eigenvalue weighted by Gasteiger charge is 2.36. The van der Waals surface area contributed by atoms with E-state index in [1.807, 2.05) is 30.3 Å². The third kappa shape index (κ3) is 8.68. The molecule has 0 radical (unpaired) electrons. The molecule has 0 bridgehead atoms. The van der Waals surface area contributed by atoms with Crippen molar-refractivity contribution in [3.8, 4) is 0 Å². The second-order valence-electron chi connectivity index (χ2n) is 11.7. The van der Waals surface area contributed by atoms with E-state index in [0.29, 0.717) is 31.9 Å². The summed E-state index contributed by atoms with van der Waals surface area (Å²) in [6.07, 6.45) is 3.99. The fraction of sp³-hybridized carbons (Fsp3) is 0.278. The van der Waals surface area contributed by atoms with E-state index in [1.165, 1.54) is 17.0 Å². The Hall–Kier alpha value is -3.56. The average molecular weight is 713 g/mol. The lowest BCUT2D eigenvalue weighted by atomic mass is 10.0. The third-order valence-corrected chi connectivity index (χ3v) is 11.1. The third-order valence-electron chi connectivity index (χ3n) is 8.35. The second-order valence-corrected chi connectivity index (χ2v) is 14.8. The first-order valence-electron chi connectivity index (χ1n) is 15.4. The number of halogens is 3. The van der Waals surface area contributed by atoms with Crippen molar-refractivity contribution in [2.45, 2.75) is 62.6 Å². The van der Waals surface area contributed by atoms with Gasteiger partial charge in [-0.3, -0.25) is 13.9 Å². The summed E-state index contributed by atoms with van der Waals surface area (Å²) >= 11 is 18.8. The molecule has 0 unspecified atom stereocenters. The predicted molar refractivity (Wildman–Crippen MR) is 189 cm³/mol. The van der Waals surface area contributed by atoms with E-state index >= 15 is 0 Å². The number of hydrogen-bond donors (Lipinski definition) is 1. The van der Waals surface area contributed by atoms with Gasteiger partial charge in [-0.2, -0.15) is 0 Å². The summed E-state index contributed by atoms with van der Waals surface area (Å²) in [5.74, 6) is -0.860. The van der Waals surface area contributed by atoms with Gasteiger partial charge in [0.05, 0.1) is 20.6 Å². The number of carbonyl (C=O) groups excluding carboxylic acids is 2. The van der Waals surface area contributed by atoms with Crippen LogP contribution in [0.4, 0.5) is 5.69 Å². The van der Waals surface area contributed by atoms with Crippen LogP contribution in [0.1, 0.15) is 42.4 Å². The maximum atomic E-state index is 14.7. The minimum atomic E-state index is -4.22. The summed E-state index contributed by atoms with van der Waals surface area (Å²) in [7, 11) is -4.22.